The van der Waals surface area contributed by atoms with Crippen molar-refractivity contribution in [2.24, 2.45) is 0 Å². The van der Waals surface area contributed by atoms with Crippen LogP contribution in [0.25, 0.3) is 11.0 Å². The van der Waals surface area contributed by atoms with Gasteiger partial charge in [0.25, 0.3) is 6.73 Å². The molecule has 1 N–H and O–H groups in total. The number of unbranched alkanes of at least 4 members (excludes halogenated alkanes) is 9. The van der Waals surface area contributed by atoms with Gasteiger partial charge in [0.2, 0.25) is 0 Å². The Hall–Kier alpha value is -2.47. The summed E-state index contributed by atoms with van der Waals surface area (Å²) in [5, 5.41) is 11.8. The number of nitrogens with one attached hydrogen (secondary N) is 1. The fourth-order valence-electron chi connectivity index (χ4n) is 3.77. The van der Waals surface area contributed by atoms with Gasteiger partial charge in [0.15, 0.2) is 12.4 Å². The van der Waals surface area contributed by atoms with E-state index in [0.717, 1.165) is 29.7 Å². The molecule has 168 valence electrons. The Morgan fingerprint density at radius 1 is 0.903 bits per heavy atom. The number of hydrogen-bond donors (Lipinski definition) is 1. The molecule has 2 aromatic heterocycles. The molecule has 3 rings (SSSR count). The minimum Gasteiger partial charge on any atom is -0.361 e. The van der Waals surface area contributed by atoms with E-state index in [4.69, 9.17) is 4.74 Å². The summed E-state index contributed by atoms with van der Waals surface area (Å²) < 4.78 is 9.80. The van der Waals surface area contributed by atoms with Gasteiger partial charge in [0.1, 0.15) is 17.9 Å². The molecule has 0 aliphatic heterocycles. The van der Waals surface area contributed by atoms with Crippen molar-refractivity contribution in [3.8, 4) is 0 Å². The smallest absolute Gasteiger partial charge is 0.252 e. The van der Waals surface area contributed by atoms with Crippen LogP contribution >= 0.6 is 0 Å². The van der Waals surface area contributed by atoms with Crippen LogP contribution in [0.3, 0.4) is 0 Å². The molecule has 0 spiro atoms. The molecule has 6 nitrogen and oxygen atoms in total. The van der Waals surface area contributed by atoms with E-state index in [2.05, 4.69) is 39.4 Å². The standard InChI is InChI=1S/C25H38N5O/c1-2-3-4-5-6-7-8-9-10-13-19-31-22-29-18-14-15-23(20-29)26-21-30-25-17-12-11-16-24(25)27-28-30/h11-12,14-18,20,26H,2-10,13,19,21-22H2,1H3/q+1. The van der Waals surface area contributed by atoms with Gasteiger partial charge in [-0.2, -0.15) is 4.57 Å². The average molecular weight is 425 g/mol. The first-order chi connectivity index (χ1) is 15.4. The summed E-state index contributed by atoms with van der Waals surface area (Å²) in [6.07, 6.45) is 17.6. The predicted octanol–water partition coefficient (Wildman–Crippen LogP) is 5.68. The molecular formula is C25H38N5O+. The van der Waals surface area contributed by atoms with E-state index in [9.17, 15) is 0 Å². The Kier molecular flexibility index (Phi) is 10.3. The lowest BCUT2D eigenvalue weighted by Gasteiger charge is -2.06. The molecule has 0 fully saturated rings. The summed E-state index contributed by atoms with van der Waals surface area (Å²) in [5.74, 6) is 0. The van der Waals surface area contributed by atoms with Crippen molar-refractivity contribution in [2.45, 2.75) is 84.5 Å². The molecule has 0 saturated heterocycles. The van der Waals surface area contributed by atoms with Crippen molar-refractivity contribution in [1.29, 1.82) is 0 Å². The van der Waals surface area contributed by atoms with Gasteiger partial charge < -0.3 is 10.1 Å². The van der Waals surface area contributed by atoms with Crippen LogP contribution in [-0.4, -0.2) is 21.6 Å². The first-order valence-electron chi connectivity index (χ1n) is 12.0. The lowest BCUT2D eigenvalue weighted by atomic mass is 10.1. The summed E-state index contributed by atoms with van der Waals surface area (Å²) >= 11 is 0. The number of ether oxygens (including phenoxy) is 1. The molecule has 2 heterocycles. The van der Waals surface area contributed by atoms with Gasteiger partial charge in [-0.15, -0.1) is 5.10 Å². The minimum absolute atomic E-state index is 0.573. The van der Waals surface area contributed by atoms with Crippen LogP contribution in [0.1, 0.15) is 71.1 Å². The number of fused-ring (bicyclic) bond motifs is 1. The van der Waals surface area contributed by atoms with E-state index >= 15 is 0 Å². The van der Waals surface area contributed by atoms with E-state index in [1.165, 1.54) is 57.8 Å². The van der Waals surface area contributed by atoms with Crippen molar-refractivity contribution >= 4 is 16.7 Å². The summed E-state index contributed by atoms with van der Waals surface area (Å²) in [5.41, 5.74) is 2.97. The van der Waals surface area contributed by atoms with Gasteiger partial charge in [0, 0.05) is 6.07 Å². The summed E-state index contributed by atoms with van der Waals surface area (Å²) in [6, 6.07) is 12.1. The average Bonchev–Trinajstić information content (AvgIpc) is 3.22. The molecule has 0 unspecified atom stereocenters. The second-order valence-corrected chi connectivity index (χ2v) is 8.24. The highest BCUT2D eigenvalue weighted by molar-refractivity contribution is 5.73. The zero-order valence-electron chi connectivity index (χ0n) is 19.0. The zero-order chi connectivity index (χ0) is 21.6. The van der Waals surface area contributed by atoms with Gasteiger partial charge in [-0.25, -0.2) is 4.68 Å². The van der Waals surface area contributed by atoms with Crippen molar-refractivity contribution in [1.82, 2.24) is 15.0 Å². The summed E-state index contributed by atoms with van der Waals surface area (Å²) in [4.78, 5) is 0. The third-order valence-corrected chi connectivity index (χ3v) is 5.59. The van der Waals surface area contributed by atoms with E-state index < -0.39 is 0 Å². The number of aromatic nitrogens is 4. The second kappa shape index (κ2) is 13.8. The number of nitrogens with zero attached hydrogens (tertiary/aromatic N) is 4. The predicted molar refractivity (Wildman–Crippen MR) is 126 cm³/mol. The van der Waals surface area contributed by atoms with Crippen molar-refractivity contribution in [3.63, 3.8) is 0 Å². The second-order valence-electron chi connectivity index (χ2n) is 8.24. The van der Waals surface area contributed by atoms with Gasteiger partial charge in [-0.05, 0) is 24.6 Å². The van der Waals surface area contributed by atoms with Crippen LogP contribution in [0.15, 0.2) is 48.8 Å². The van der Waals surface area contributed by atoms with Gasteiger partial charge in [-0.3, -0.25) is 0 Å². The van der Waals surface area contributed by atoms with Crippen molar-refractivity contribution in [3.05, 3.63) is 48.8 Å². The molecule has 0 bridgehead atoms. The molecule has 31 heavy (non-hydrogen) atoms. The highest BCUT2D eigenvalue weighted by Gasteiger charge is 2.05. The largest absolute Gasteiger partial charge is 0.361 e. The Bertz CT molecular complexity index is 879. The summed E-state index contributed by atoms with van der Waals surface area (Å²) in [7, 11) is 0. The Labute approximate surface area is 186 Å². The zero-order valence-corrected chi connectivity index (χ0v) is 19.0. The molecule has 0 aliphatic rings. The number of para-hydroxylation sites is 1. The molecule has 0 amide bonds. The Balaban J connectivity index is 1.27. The van der Waals surface area contributed by atoms with Crippen LogP contribution < -0.4 is 9.88 Å². The molecule has 0 aliphatic carbocycles. The van der Waals surface area contributed by atoms with Crippen LogP contribution in [0, 0.1) is 0 Å². The quantitative estimate of drug-likeness (QED) is 0.237. The maximum absolute atomic E-state index is 5.86. The SMILES string of the molecule is CCCCCCCCCCCCOC[n+]1cccc(NCn2nnc3ccccc32)c1. The molecule has 0 saturated carbocycles. The Morgan fingerprint density at radius 2 is 1.65 bits per heavy atom. The summed E-state index contributed by atoms with van der Waals surface area (Å²) in [6.45, 7) is 4.26. The highest BCUT2D eigenvalue weighted by atomic mass is 16.5. The van der Waals surface area contributed by atoms with Crippen LogP contribution in [0.5, 0.6) is 0 Å². The minimum atomic E-state index is 0.573. The fraction of sp³-hybridized carbons (Fsp3) is 0.560. The van der Waals surface area contributed by atoms with E-state index in [0.29, 0.717) is 13.4 Å². The van der Waals surface area contributed by atoms with Crippen molar-refractivity contribution < 1.29 is 9.30 Å². The topological polar surface area (TPSA) is 55.9 Å². The van der Waals surface area contributed by atoms with E-state index in [1.807, 2.05) is 41.2 Å². The van der Waals surface area contributed by atoms with Gasteiger partial charge >= 0.3 is 0 Å². The van der Waals surface area contributed by atoms with E-state index in [1.54, 1.807) is 0 Å². The first kappa shape index (κ1) is 23.2. The maximum Gasteiger partial charge on any atom is 0.252 e. The van der Waals surface area contributed by atoms with Crippen LogP contribution in [0.4, 0.5) is 5.69 Å². The third kappa shape index (κ3) is 8.29. The lowest BCUT2D eigenvalue weighted by molar-refractivity contribution is -0.732. The molecule has 0 radical (unpaired) electrons. The third-order valence-electron chi connectivity index (χ3n) is 5.59. The Morgan fingerprint density at radius 3 is 2.45 bits per heavy atom. The maximum atomic E-state index is 5.86. The molecular weight excluding hydrogens is 386 g/mol. The number of rotatable bonds is 16. The number of benzene rings is 1. The monoisotopic (exact) mass is 424 g/mol. The van der Waals surface area contributed by atoms with Crippen molar-refractivity contribution in [2.75, 3.05) is 11.9 Å². The first-order valence-corrected chi connectivity index (χ1v) is 12.0. The molecule has 6 heteroatoms. The number of pyridine rings is 1. The van der Waals surface area contributed by atoms with Gasteiger partial charge in [-0.1, -0.05) is 82.1 Å². The van der Waals surface area contributed by atoms with Gasteiger partial charge in [0.05, 0.1) is 12.1 Å². The normalized spacial score (nSPS) is 11.3. The number of hydrogen-bond acceptors (Lipinski definition) is 4. The number of anilines is 1. The molecule has 3 aromatic rings. The highest BCUT2D eigenvalue weighted by Crippen LogP contribution is 2.11. The van der Waals surface area contributed by atoms with Crippen LogP contribution in [0.2, 0.25) is 0 Å². The van der Waals surface area contributed by atoms with E-state index in [-0.39, 0.29) is 0 Å². The molecule has 0 atom stereocenters. The molecule has 1 aromatic carbocycles. The fourth-order valence-corrected chi connectivity index (χ4v) is 3.77. The van der Waals surface area contributed by atoms with Crippen LogP contribution in [-0.2, 0) is 18.1 Å². The lowest BCUT2D eigenvalue weighted by Crippen LogP contribution is -2.34.